The number of esters is 2. The lowest BCUT2D eigenvalue weighted by molar-refractivity contribution is -0.146. The molecule has 1 unspecified atom stereocenters. The van der Waals surface area contributed by atoms with Crippen molar-refractivity contribution in [3.63, 3.8) is 0 Å². The molecule has 0 bridgehead atoms. The summed E-state index contributed by atoms with van der Waals surface area (Å²) in [5, 5.41) is 0. The van der Waals surface area contributed by atoms with Crippen molar-refractivity contribution in [2.24, 2.45) is 11.8 Å². The van der Waals surface area contributed by atoms with Gasteiger partial charge in [-0.3, -0.25) is 9.59 Å². The van der Waals surface area contributed by atoms with Crippen LogP contribution < -0.4 is 4.74 Å². The van der Waals surface area contributed by atoms with Crippen molar-refractivity contribution in [2.75, 3.05) is 13.2 Å². The molecule has 0 aromatic heterocycles. The number of hydrogen-bond donors (Lipinski definition) is 0. The number of carbonyl (C=O) groups excluding carboxylic acids is 2. The first kappa shape index (κ1) is 19.4. The van der Waals surface area contributed by atoms with E-state index in [0.29, 0.717) is 25.2 Å². The van der Waals surface area contributed by atoms with Crippen LogP contribution in [0.2, 0.25) is 0 Å². The Labute approximate surface area is 149 Å². The topological polar surface area (TPSA) is 65.1 Å². The number of aryl methyl sites for hydroxylation is 1. The first-order valence-electron chi connectivity index (χ1n) is 8.83. The highest BCUT2D eigenvalue weighted by atomic mass is 16.6. The van der Waals surface area contributed by atoms with Crippen LogP contribution in [0.15, 0.2) is 18.2 Å². The summed E-state index contributed by atoms with van der Waals surface area (Å²) in [4.78, 5) is 23.9. The summed E-state index contributed by atoms with van der Waals surface area (Å²) in [7, 11) is 0. The predicted octanol–water partition coefficient (Wildman–Crippen LogP) is 3.76. The molecule has 1 fully saturated rings. The summed E-state index contributed by atoms with van der Waals surface area (Å²) >= 11 is 0. The molecule has 0 radical (unpaired) electrons. The van der Waals surface area contributed by atoms with Crippen LogP contribution in [-0.4, -0.2) is 25.2 Å². The third-order valence-electron chi connectivity index (χ3n) is 3.96. The van der Waals surface area contributed by atoms with E-state index in [2.05, 4.69) is 0 Å². The van der Waals surface area contributed by atoms with Crippen LogP contribution in [0.1, 0.15) is 51.7 Å². The van der Waals surface area contributed by atoms with Gasteiger partial charge in [-0.1, -0.05) is 39.8 Å². The van der Waals surface area contributed by atoms with Gasteiger partial charge < -0.3 is 14.2 Å². The summed E-state index contributed by atoms with van der Waals surface area (Å²) in [6, 6.07) is 5.65. The van der Waals surface area contributed by atoms with Crippen molar-refractivity contribution in [3.8, 4) is 5.75 Å². The molecule has 1 aromatic carbocycles. The molecule has 25 heavy (non-hydrogen) atoms. The highest BCUT2D eigenvalue weighted by Gasteiger charge is 2.50. The van der Waals surface area contributed by atoms with E-state index in [4.69, 9.17) is 14.2 Å². The number of epoxide rings is 1. The molecular formula is C20H28O5. The van der Waals surface area contributed by atoms with E-state index < -0.39 is 5.60 Å². The minimum absolute atomic E-state index is 0.135. The Morgan fingerprint density at radius 1 is 1.12 bits per heavy atom. The number of ether oxygens (including phenoxy) is 3. The van der Waals surface area contributed by atoms with Gasteiger partial charge in [-0.2, -0.15) is 0 Å². The predicted molar refractivity (Wildman–Crippen MR) is 94.3 cm³/mol. The van der Waals surface area contributed by atoms with Gasteiger partial charge in [0.1, 0.15) is 12.4 Å². The Hall–Kier alpha value is -1.88. The third kappa shape index (κ3) is 5.56. The highest BCUT2D eigenvalue weighted by Crippen LogP contribution is 2.44. The van der Waals surface area contributed by atoms with Gasteiger partial charge in [-0.15, -0.1) is 0 Å². The summed E-state index contributed by atoms with van der Waals surface area (Å²) in [6.07, 6.45) is 0.727. The lowest BCUT2D eigenvalue weighted by Gasteiger charge is -2.18. The zero-order chi connectivity index (χ0) is 18.6. The molecule has 1 heterocycles. The lowest BCUT2D eigenvalue weighted by atomic mass is 9.98. The zero-order valence-electron chi connectivity index (χ0n) is 15.8. The molecule has 1 atom stereocenters. The summed E-state index contributed by atoms with van der Waals surface area (Å²) < 4.78 is 16.6. The van der Waals surface area contributed by atoms with Crippen LogP contribution in [-0.2, 0) is 24.7 Å². The largest absolute Gasteiger partial charge is 0.462 e. The van der Waals surface area contributed by atoms with E-state index in [1.807, 2.05) is 52.8 Å². The monoisotopic (exact) mass is 348 g/mol. The first-order chi connectivity index (χ1) is 11.7. The summed E-state index contributed by atoms with van der Waals surface area (Å²) in [5.74, 6) is 0.451. The second-order valence-electron chi connectivity index (χ2n) is 7.61. The standard InChI is InChI=1S/C20H28O5/c1-13(2)8-18(21)23-11-20(12-24-20)16-7-6-15(5)10-17(16)25-19(22)9-14(3)4/h6-7,10,13-14H,8-9,11-12H2,1-5H3. The van der Waals surface area contributed by atoms with Crippen molar-refractivity contribution in [3.05, 3.63) is 29.3 Å². The molecule has 5 heteroatoms. The van der Waals surface area contributed by atoms with Crippen LogP contribution in [0.25, 0.3) is 0 Å². The van der Waals surface area contributed by atoms with E-state index >= 15 is 0 Å². The van der Waals surface area contributed by atoms with Crippen molar-refractivity contribution >= 4 is 11.9 Å². The molecule has 1 aliphatic heterocycles. The summed E-state index contributed by atoms with van der Waals surface area (Å²) in [6.45, 7) is 10.4. The molecule has 1 aliphatic rings. The Kier molecular flexibility index (Phi) is 6.22. The fraction of sp³-hybridized carbons (Fsp3) is 0.600. The lowest BCUT2D eigenvalue weighted by Crippen LogP contribution is -2.23. The van der Waals surface area contributed by atoms with Crippen LogP contribution >= 0.6 is 0 Å². The summed E-state index contributed by atoms with van der Waals surface area (Å²) in [5.41, 5.74) is 1.05. The van der Waals surface area contributed by atoms with Gasteiger partial charge in [0.25, 0.3) is 0 Å². The van der Waals surface area contributed by atoms with Crippen molar-refractivity contribution in [2.45, 2.75) is 53.1 Å². The maximum absolute atomic E-state index is 12.1. The van der Waals surface area contributed by atoms with Crippen LogP contribution in [0.4, 0.5) is 0 Å². The average Bonchev–Trinajstić information content (AvgIpc) is 3.24. The minimum atomic E-state index is -0.701. The van der Waals surface area contributed by atoms with Gasteiger partial charge in [0.05, 0.1) is 6.61 Å². The van der Waals surface area contributed by atoms with E-state index in [1.54, 1.807) is 0 Å². The molecule has 2 rings (SSSR count). The van der Waals surface area contributed by atoms with E-state index in [0.717, 1.165) is 11.1 Å². The van der Waals surface area contributed by atoms with Gasteiger partial charge in [-0.25, -0.2) is 0 Å². The fourth-order valence-electron chi connectivity index (χ4n) is 2.58. The Morgan fingerprint density at radius 2 is 1.72 bits per heavy atom. The van der Waals surface area contributed by atoms with Gasteiger partial charge >= 0.3 is 11.9 Å². The van der Waals surface area contributed by atoms with Crippen LogP contribution in [0, 0.1) is 18.8 Å². The van der Waals surface area contributed by atoms with Crippen molar-refractivity contribution < 1.29 is 23.8 Å². The van der Waals surface area contributed by atoms with E-state index in [9.17, 15) is 9.59 Å². The van der Waals surface area contributed by atoms with Gasteiger partial charge in [0, 0.05) is 18.4 Å². The molecular weight excluding hydrogens is 320 g/mol. The molecule has 138 valence electrons. The van der Waals surface area contributed by atoms with Gasteiger partial charge in [0.2, 0.25) is 0 Å². The Bertz CT molecular complexity index is 629. The molecule has 0 saturated carbocycles. The van der Waals surface area contributed by atoms with Gasteiger partial charge in [0.15, 0.2) is 5.60 Å². The number of benzene rings is 1. The molecule has 1 aromatic rings. The third-order valence-corrected chi connectivity index (χ3v) is 3.96. The molecule has 1 saturated heterocycles. The molecule has 0 aliphatic carbocycles. The van der Waals surface area contributed by atoms with Crippen molar-refractivity contribution in [1.29, 1.82) is 0 Å². The fourth-order valence-corrected chi connectivity index (χ4v) is 2.58. The first-order valence-corrected chi connectivity index (χ1v) is 8.83. The molecule has 0 amide bonds. The second kappa shape index (κ2) is 8.00. The number of hydrogen-bond acceptors (Lipinski definition) is 5. The average molecular weight is 348 g/mol. The van der Waals surface area contributed by atoms with Crippen molar-refractivity contribution in [1.82, 2.24) is 0 Å². The zero-order valence-corrected chi connectivity index (χ0v) is 15.8. The molecule has 0 spiro atoms. The number of rotatable bonds is 8. The highest BCUT2D eigenvalue weighted by molar-refractivity contribution is 5.73. The number of carbonyl (C=O) groups is 2. The Balaban J connectivity index is 2.12. The Morgan fingerprint density at radius 3 is 2.28 bits per heavy atom. The maximum atomic E-state index is 12.1. The van der Waals surface area contributed by atoms with Crippen LogP contribution in [0.5, 0.6) is 5.75 Å². The van der Waals surface area contributed by atoms with Gasteiger partial charge in [-0.05, 0) is 30.4 Å². The maximum Gasteiger partial charge on any atom is 0.311 e. The quantitative estimate of drug-likeness (QED) is 0.406. The smallest absolute Gasteiger partial charge is 0.311 e. The normalized spacial score (nSPS) is 19.2. The van der Waals surface area contributed by atoms with E-state index in [1.165, 1.54) is 0 Å². The second-order valence-corrected chi connectivity index (χ2v) is 7.61. The van der Waals surface area contributed by atoms with Crippen LogP contribution in [0.3, 0.4) is 0 Å². The molecule has 5 nitrogen and oxygen atoms in total. The van der Waals surface area contributed by atoms with E-state index in [-0.39, 0.29) is 30.4 Å². The SMILES string of the molecule is Cc1ccc(C2(COC(=O)CC(C)C)CO2)c(OC(=O)CC(C)C)c1. The minimum Gasteiger partial charge on any atom is -0.462 e. The molecule has 0 N–H and O–H groups in total.